The van der Waals surface area contributed by atoms with Crippen molar-refractivity contribution in [1.82, 2.24) is 10.6 Å². The second kappa shape index (κ2) is 11.8. The Kier molecular flexibility index (Phi) is 11.5. The largest absolute Gasteiger partial charge is 0.378 e. The summed E-state index contributed by atoms with van der Waals surface area (Å²) in [6.07, 6.45) is 7.99. The summed E-state index contributed by atoms with van der Waals surface area (Å²) in [7, 11) is 1.90. The standard InChI is InChI=1S/C13H26N2O2.ClH/c1-14-9-4-8-13(16)15-10-5-11-17-12-6-2-3-7-12;/h12,14H,2-11H2,1H3,(H,15,16);1H. The van der Waals surface area contributed by atoms with Crippen molar-refractivity contribution in [3.05, 3.63) is 0 Å². The van der Waals surface area contributed by atoms with Gasteiger partial charge in [-0.3, -0.25) is 4.79 Å². The fourth-order valence-electron chi connectivity index (χ4n) is 2.12. The molecule has 1 aliphatic rings. The van der Waals surface area contributed by atoms with Gasteiger partial charge in [-0.25, -0.2) is 0 Å². The first kappa shape index (κ1) is 17.7. The van der Waals surface area contributed by atoms with Crippen molar-refractivity contribution < 1.29 is 9.53 Å². The van der Waals surface area contributed by atoms with Crippen molar-refractivity contribution in [2.24, 2.45) is 0 Å². The maximum absolute atomic E-state index is 11.4. The highest BCUT2D eigenvalue weighted by atomic mass is 35.5. The number of ether oxygens (including phenoxy) is 1. The van der Waals surface area contributed by atoms with E-state index < -0.39 is 0 Å². The summed E-state index contributed by atoms with van der Waals surface area (Å²) in [5, 5.41) is 5.95. The molecule has 5 heteroatoms. The van der Waals surface area contributed by atoms with E-state index in [9.17, 15) is 4.79 Å². The molecule has 18 heavy (non-hydrogen) atoms. The molecule has 0 saturated heterocycles. The van der Waals surface area contributed by atoms with Crippen LogP contribution in [0.2, 0.25) is 0 Å². The zero-order valence-corrected chi connectivity index (χ0v) is 12.2. The van der Waals surface area contributed by atoms with E-state index >= 15 is 0 Å². The topological polar surface area (TPSA) is 50.4 Å². The van der Waals surface area contributed by atoms with E-state index in [1.807, 2.05) is 7.05 Å². The molecule has 4 nitrogen and oxygen atoms in total. The lowest BCUT2D eigenvalue weighted by molar-refractivity contribution is -0.121. The van der Waals surface area contributed by atoms with Gasteiger partial charge in [0.15, 0.2) is 0 Å². The van der Waals surface area contributed by atoms with Crippen LogP contribution in [0.5, 0.6) is 0 Å². The number of hydrogen-bond donors (Lipinski definition) is 2. The lowest BCUT2D eigenvalue weighted by Gasteiger charge is -2.11. The predicted octanol–water partition coefficient (Wildman–Crippen LogP) is 1.87. The van der Waals surface area contributed by atoms with Gasteiger partial charge in [0.25, 0.3) is 0 Å². The van der Waals surface area contributed by atoms with Crippen molar-refractivity contribution in [3.8, 4) is 0 Å². The molecule has 0 aromatic heterocycles. The molecular weight excluding hydrogens is 252 g/mol. The molecule has 0 atom stereocenters. The number of hydrogen-bond acceptors (Lipinski definition) is 3. The van der Waals surface area contributed by atoms with Crippen molar-refractivity contribution in [2.75, 3.05) is 26.7 Å². The lowest BCUT2D eigenvalue weighted by atomic mass is 10.3. The minimum absolute atomic E-state index is 0. The first-order chi connectivity index (χ1) is 8.33. The van der Waals surface area contributed by atoms with Crippen LogP contribution in [0, 0.1) is 0 Å². The van der Waals surface area contributed by atoms with Crippen LogP contribution in [0.15, 0.2) is 0 Å². The quantitative estimate of drug-likeness (QED) is 0.633. The Hall–Kier alpha value is -0.320. The average molecular weight is 279 g/mol. The Bertz CT molecular complexity index is 209. The minimum Gasteiger partial charge on any atom is -0.378 e. The Morgan fingerprint density at radius 1 is 1.22 bits per heavy atom. The Balaban J connectivity index is 0.00000289. The molecule has 1 fully saturated rings. The molecule has 108 valence electrons. The van der Waals surface area contributed by atoms with E-state index in [-0.39, 0.29) is 18.3 Å². The molecule has 0 aromatic rings. The Morgan fingerprint density at radius 3 is 2.61 bits per heavy atom. The summed E-state index contributed by atoms with van der Waals surface area (Å²) in [6, 6.07) is 0. The normalized spacial score (nSPS) is 15.4. The van der Waals surface area contributed by atoms with E-state index in [2.05, 4.69) is 10.6 Å². The SMILES string of the molecule is CNCCCC(=O)NCCCOC1CCCC1.Cl. The Labute approximate surface area is 117 Å². The molecule has 0 radical (unpaired) electrons. The lowest BCUT2D eigenvalue weighted by Crippen LogP contribution is -2.26. The van der Waals surface area contributed by atoms with Crippen molar-refractivity contribution >= 4 is 18.3 Å². The second-order valence-corrected chi connectivity index (χ2v) is 4.69. The third-order valence-corrected chi connectivity index (χ3v) is 3.13. The molecule has 1 aliphatic carbocycles. The van der Waals surface area contributed by atoms with Crippen LogP contribution in [-0.2, 0) is 9.53 Å². The molecule has 0 spiro atoms. The Morgan fingerprint density at radius 2 is 1.94 bits per heavy atom. The number of nitrogens with one attached hydrogen (secondary N) is 2. The van der Waals surface area contributed by atoms with Gasteiger partial charge < -0.3 is 15.4 Å². The fraction of sp³-hybridized carbons (Fsp3) is 0.923. The van der Waals surface area contributed by atoms with Crippen LogP contribution >= 0.6 is 12.4 Å². The van der Waals surface area contributed by atoms with Crippen LogP contribution in [0.4, 0.5) is 0 Å². The maximum atomic E-state index is 11.4. The third kappa shape index (κ3) is 8.72. The first-order valence-corrected chi connectivity index (χ1v) is 6.86. The molecular formula is C13H27ClN2O2. The molecule has 1 amide bonds. The minimum atomic E-state index is 0. The van der Waals surface area contributed by atoms with Crippen LogP contribution in [0.1, 0.15) is 44.9 Å². The predicted molar refractivity (Wildman–Crippen MR) is 76.2 cm³/mol. The van der Waals surface area contributed by atoms with Gasteiger partial charge in [-0.05, 0) is 39.3 Å². The van der Waals surface area contributed by atoms with Gasteiger partial charge in [0.1, 0.15) is 0 Å². The average Bonchev–Trinajstić information content (AvgIpc) is 2.82. The summed E-state index contributed by atoms with van der Waals surface area (Å²) >= 11 is 0. The summed E-state index contributed by atoms with van der Waals surface area (Å²) < 4.78 is 5.72. The summed E-state index contributed by atoms with van der Waals surface area (Å²) in [4.78, 5) is 11.4. The third-order valence-electron chi connectivity index (χ3n) is 3.13. The van der Waals surface area contributed by atoms with Crippen LogP contribution in [0.25, 0.3) is 0 Å². The maximum Gasteiger partial charge on any atom is 0.220 e. The van der Waals surface area contributed by atoms with E-state index in [0.717, 1.165) is 32.5 Å². The van der Waals surface area contributed by atoms with Gasteiger partial charge in [0.2, 0.25) is 5.91 Å². The highest BCUT2D eigenvalue weighted by molar-refractivity contribution is 5.85. The van der Waals surface area contributed by atoms with E-state index in [1.165, 1.54) is 25.7 Å². The number of amides is 1. The van der Waals surface area contributed by atoms with Crippen LogP contribution < -0.4 is 10.6 Å². The van der Waals surface area contributed by atoms with Crippen molar-refractivity contribution in [3.63, 3.8) is 0 Å². The fourth-order valence-corrected chi connectivity index (χ4v) is 2.12. The van der Waals surface area contributed by atoms with E-state index in [1.54, 1.807) is 0 Å². The second-order valence-electron chi connectivity index (χ2n) is 4.69. The number of rotatable bonds is 9. The van der Waals surface area contributed by atoms with E-state index in [4.69, 9.17) is 4.74 Å². The zero-order valence-electron chi connectivity index (χ0n) is 11.4. The molecule has 0 aliphatic heterocycles. The van der Waals surface area contributed by atoms with Gasteiger partial charge in [-0.1, -0.05) is 12.8 Å². The smallest absolute Gasteiger partial charge is 0.220 e. The van der Waals surface area contributed by atoms with Crippen molar-refractivity contribution in [1.29, 1.82) is 0 Å². The summed E-state index contributed by atoms with van der Waals surface area (Å²) in [5.41, 5.74) is 0. The number of carbonyl (C=O) groups excluding carboxylic acids is 1. The van der Waals surface area contributed by atoms with Crippen LogP contribution in [0.3, 0.4) is 0 Å². The van der Waals surface area contributed by atoms with Crippen molar-refractivity contribution in [2.45, 2.75) is 51.0 Å². The number of carbonyl (C=O) groups is 1. The summed E-state index contributed by atoms with van der Waals surface area (Å²) in [5.74, 6) is 0.154. The first-order valence-electron chi connectivity index (χ1n) is 6.86. The highest BCUT2D eigenvalue weighted by Crippen LogP contribution is 2.20. The van der Waals surface area contributed by atoms with Gasteiger partial charge in [0.05, 0.1) is 6.10 Å². The molecule has 1 saturated carbocycles. The van der Waals surface area contributed by atoms with Crippen LogP contribution in [-0.4, -0.2) is 38.8 Å². The molecule has 0 unspecified atom stereocenters. The molecule has 0 aromatic carbocycles. The summed E-state index contributed by atoms with van der Waals surface area (Å²) in [6.45, 7) is 2.42. The molecule has 0 bridgehead atoms. The van der Waals surface area contributed by atoms with Gasteiger partial charge >= 0.3 is 0 Å². The molecule has 1 rings (SSSR count). The van der Waals surface area contributed by atoms with E-state index in [0.29, 0.717) is 12.5 Å². The molecule has 0 heterocycles. The van der Waals surface area contributed by atoms with Gasteiger partial charge in [0, 0.05) is 19.6 Å². The van der Waals surface area contributed by atoms with Gasteiger partial charge in [-0.15, -0.1) is 12.4 Å². The molecule has 2 N–H and O–H groups in total. The highest BCUT2D eigenvalue weighted by Gasteiger charge is 2.14. The van der Waals surface area contributed by atoms with Gasteiger partial charge in [-0.2, -0.15) is 0 Å². The number of halogens is 1. The zero-order chi connectivity index (χ0) is 12.3. The monoisotopic (exact) mass is 278 g/mol.